The van der Waals surface area contributed by atoms with Gasteiger partial charge in [-0.3, -0.25) is 0 Å². The molecule has 0 aromatic rings. The van der Waals surface area contributed by atoms with Crippen LogP contribution in [0.2, 0.25) is 0 Å². The number of nitrogens with zero attached hydrogens (tertiary/aromatic N) is 1. The fourth-order valence-corrected chi connectivity index (χ4v) is 2.05. The Labute approximate surface area is 75.0 Å². The minimum atomic E-state index is -0.0145. The molecule has 12 heavy (non-hydrogen) atoms. The van der Waals surface area contributed by atoms with Gasteiger partial charge in [-0.05, 0) is 38.3 Å². The van der Waals surface area contributed by atoms with Gasteiger partial charge in [0, 0.05) is 0 Å². The average Bonchev–Trinajstić information content (AvgIpc) is 2.05. The van der Waals surface area contributed by atoms with E-state index in [0.717, 1.165) is 32.4 Å². The Balaban J connectivity index is 2.55. The summed E-state index contributed by atoms with van der Waals surface area (Å²) in [6.45, 7) is 6.42. The van der Waals surface area contributed by atoms with Gasteiger partial charge in [-0.1, -0.05) is 13.8 Å². The van der Waals surface area contributed by atoms with E-state index in [4.69, 9.17) is 5.26 Å². The molecule has 0 spiro atoms. The van der Waals surface area contributed by atoms with Crippen LogP contribution in [0.3, 0.4) is 0 Å². The maximum atomic E-state index is 9.11. The largest absolute Gasteiger partial charge is 0.317 e. The molecule has 1 fully saturated rings. The van der Waals surface area contributed by atoms with Crippen molar-refractivity contribution >= 4 is 0 Å². The van der Waals surface area contributed by atoms with Crippen LogP contribution in [0.5, 0.6) is 0 Å². The molecule has 2 heteroatoms. The maximum absolute atomic E-state index is 9.11. The van der Waals surface area contributed by atoms with Crippen molar-refractivity contribution in [2.24, 2.45) is 11.3 Å². The normalized spacial score (nSPS) is 22.2. The first-order chi connectivity index (χ1) is 5.68. The average molecular weight is 166 g/mol. The summed E-state index contributed by atoms with van der Waals surface area (Å²) in [6.07, 6.45) is 3.12. The lowest BCUT2D eigenvalue weighted by Crippen LogP contribution is -2.36. The summed E-state index contributed by atoms with van der Waals surface area (Å²) in [4.78, 5) is 0. The lowest BCUT2D eigenvalue weighted by Gasteiger charge is -2.32. The molecule has 68 valence electrons. The molecule has 0 saturated carbocycles. The van der Waals surface area contributed by atoms with E-state index in [1.165, 1.54) is 0 Å². The molecular formula is C10H18N2. The summed E-state index contributed by atoms with van der Waals surface area (Å²) in [5.74, 6) is 0.641. The summed E-state index contributed by atoms with van der Waals surface area (Å²) in [5, 5.41) is 12.4. The summed E-state index contributed by atoms with van der Waals surface area (Å²) in [5.41, 5.74) is -0.0145. The second kappa shape index (κ2) is 3.91. The van der Waals surface area contributed by atoms with Crippen LogP contribution in [-0.4, -0.2) is 13.1 Å². The van der Waals surface area contributed by atoms with Crippen LogP contribution < -0.4 is 5.32 Å². The first-order valence-electron chi connectivity index (χ1n) is 4.80. The molecular weight excluding hydrogens is 148 g/mol. The summed E-state index contributed by atoms with van der Waals surface area (Å²) < 4.78 is 0. The third kappa shape index (κ3) is 2.22. The highest BCUT2D eigenvalue weighted by Crippen LogP contribution is 2.34. The van der Waals surface area contributed by atoms with E-state index in [-0.39, 0.29) is 5.41 Å². The third-order valence-electron chi connectivity index (χ3n) is 2.60. The molecule has 1 N–H and O–H groups in total. The van der Waals surface area contributed by atoms with E-state index >= 15 is 0 Å². The molecule has 0 aromatic carbocycles. The monoisotopic (exact) mass is 166 g/mol. The van der Waals surface area contributed by atoms with Crippen LogP contribution in [-0.2, 0) is 0 Å². The van der Waals surface area contributed by atoms with Gasteiger partial charge in [0.25, 0.3) is 0 Å². The van der Waals surface area contributed by atoms with E-state index in [9.17, 15) is 0 Å². The van der Waals surface area contributed by atoms with Crippen LogP contribution in [0.1, 0.15) is 33.1 Å². The van der Waals surface area contributed by atoms with Crippen molar-refractivity contribution in [3.8, 4) is 6.07 Å². The fraction of sp³-hybridized carbons (Fsp3) is 0.900. The molecule has 1 aliphatic rings. The second-order valence-corrected chi connectivity index (χ2v) is 4.24. The molecule has 0 aromatic heterocycles. The Hall–Kier alpha value is -0.550. The van der Waals surface area contributed by atoms with Gasteiger partial charge in [-0.15, -0.1) is 0 Å². The third-order valence-corrected chi connectivity index (χ3v) is 2.60. The molecule has 0 atom stereocenters. The van der Waals surface area contributed by atoms with Crippen molar-refractivity contribution in [3.63, 3.8) is 0 Å². The minimum Gasteiger partial charge on any atom is -0.317 e. The minimum absolute atomic E-state index is 0.0145. The predicted molar refractivity (Wildman–Crippen MR) is 49.6 cm³/mol. The van der Waals surface area contributed by atoms with Crippen molar-refractivity contribution in [1.29, 1.82) is 5.26 Å². The van der Waals surface area contributed by atoms with Crippen molar-refractivity contribution in [2.75, 3.05) is 13.1 Å². The molecule has 1 rings (SSSR count). The molecule has 0 aliphatic carbocycles. The van der Waals surface area contributed by atoms with Crippen molar-refractivity contribution in [2.45, 2.75) is 33.1 Å². The standard InChI is InChI=1S/C10H18N2/c1-9(2)7-10(8-11)3-5-12-6-4-10/h9,12H,3-7H2,1-2H3. The van der Waals surface area contributed by atoms with E-state index in [0.29, 0.717) is 5.92 Å². The maximum Gasteiger partial charge on any atom is 0.0690 e. The molecule has 1 aliphatic heterocycles. The first-order valence-corrected chi connectivity index (χ1v) is 4.80. The van der Waals surface area contributed by atoms with Gasteiger partial charge >= 0.3 is 0 Å². The predicted octanol–water partition coefficient (Wildman–Crippen LogP) is 1.93. The van der Waals surface area contributed by atoms with E-state index in [2.05, 4.69) is 25.2 Å². The van der Waals surface area contributed by atoms with Gasteiger partial charge in [-0.2, -0.15) is 5.26 Å². The highest BCUT2D eigenvalue weighted by atomic mass is 14.9. The van der Waals surface area contributed by atoms with Gasteiger partial charge < -0.3 is 5.32 Å². The number of nitriles is 1. The highest BCUT2D eigenvalue weighted by molar-refractivity contribution is 5.01. The summed E-state index contributed by atoms with van der Waals surface area (Å²) in [7, 11) is 0. The molecule has 0 bridgehead atoms. The fourth-order valence-electron chi connectivity index (χ4n) is 2.05. The lowest BCUT2D eigenvalue weighted by atomic mass is 9.74. The smallest absolute Gasteiger partial charge is 0.0690 e. The SMILES string of the molecule is CC(C)CC1(C#N)CCNCC1. The van der Waals surface area contributed by atoms with Crippen LogP contribution in [0, 0.1) is 22.7 Å². The molecule has 0 amide bonds. The van der Waals surface area contributed by atoms with Gasteiger partial charge in [0.05, 0.1) is 11.5 Å². The molecule has 1 heterocycles. The zero-order valence-corrected chi connectivity index (χ0v) is 8.06. The van der Waals surface area contributed by atoms with Crippen LogP contribution in [0.15, 0.2) is 0 Å². The van der Waals surface area contributed by atoms with E-state index in [1.807, 2.05) is 0 Å². The van der Waals surface area contributed by atoms with Crippen molar-refractivity contribution < 1.29 is 0 Å². The second-order valence-electron chi connectivity index (χ2n) is 4.24. The number of hydrogen-bond acceptors (Lipinski definition) is 2. The lowest BCUT2D eigenvalue weighted by molar-refractivity contribution is 0.233. The number of rotatable bonds is 2. The zero-order chi connectivity index (χ0) is 9.03. The molecule has 0 radical (unpaired) electrons. The van der Waals surface area contributed by atoms with Gasteiger partial charge in [0.2, 0.25) is 0 Å². The van der Waals surface area contributed by atoms with Crippen molar-refractivity contribution in [3.05, 3.63) is 0 Å². The number of nitrogens with one attached hydrogen (secondary N) is 1. The Bertz CT molecular complexity index is 173. The Morgan fingerprint density at radius 2 is 2.00 bits per heavy atom. The first kappa shape index (κ1) is 9.54. The summed E-state index contributed by atoms with van der Waals surface area (Å²) in [6, 6.07) is 2.51. The Kier molecular flexibility index (Phi) is 3.11. The van der Waals surface area contributed by atoms with Gasteiger partial charge in [0.1, 0.15) is 0 Å². The van der Waals surface area contributed by atoms with E-state index < -0.39 is 0 Å². The van der Waals surface area contributed by atoms with Crippen LogP contribution in [0.4, 0.5) is 0 Å². The van der Waals surface area contributed by atoms with Crippen molar-refractivity contribution in [1.82, 2.24) is 5.32 Å². The molecule has 0 unspecified atom stereocenters. The molecule has 2 nitrogen and oxygen atoms in total. The van der Waals surface area contributed by atoms with Gasteiger partial charge in [-0.25, -0.2) is 0 Å². The van der Waals surface area contributed by atoms with Crippen LogP contribution in [0.25, 0.3) is 0 Å². The summed E-state index contributed by atoms with van der Waals surface area (Å²) >= 11 is 0. The van der Waals surface area contributed by atoms with Crippen LogP contribution >= 0.6 is 0 Å². The van der Waals surface area contributed by atoms with E-state index in [1.54, 1.807) is 0 Å². The van der Waals surface area contributed by atoms with Gasteiger partial charge in [0.15, 0.2) is 0 Å². The number of piperidine rings is 1. The Morgan fingerprint density at radius 1 is 1.42 bits per heavy atom. The quantitative estimate of drug-likeness (QED) is 0.680. The highest BCUT2D eigenvalue weighted by Gasteiger charge is 2.32. The Morgan fingerprint density at radius 3 is 2.42 bits per heavy atom. The topological polar surface area (TPSA) is 35.8 Å². The number of hydrogen-bond donors (Lipinski definition) is 1. The molecule has 1 saturated heterocycles. The zero-order valence-electron chi connectivity index (χ0n) is 8.06.